The van der Waals surface area contributed by atoms with Crippen molar-refractivity contribution in [3.63, 3.8) is 0 Å². The minimum Gasteiger partial charge on any atom is -0.0616 e. The molecule has 0 saturated carbocycles. The van der Waals surface area contributed by atoms with Gasteiger partial charge in [0.05, 0.1) is 0 Å². The van der Waals surface area contributed by atoms with Crippen LogP contribution in [0.25, 0.3) is 119 Å². The first-order valence-electron chi connectivity index (χ1n) is 18.4. The molecule has 0 saturated heterocycles. The molecule has 52 heavy (non-hydrogen) atoms. The summed E-state index contributed by atoms with van der Waals surface area (Å²) in [5.74, 6) is 0. The summed E-state index contributed by atoms with van der Waals surface area (Å²) in [6.45, 7) is 4.52. The lowest BCUT2D eigenvalue weighted by atomic mass is 9.87. The van der Waals surface area contributed by atoms with Crippen LogP contribution >= 0.6 is 0 Å². The molecule has 0 heteroatoms. The van der Waals surface area contributed by atoms with Crippen LogP contribution in [0.15, 0.2) is 158 Å². The molecule has 0 heterocycles. The Morgan fingerprint density at radius 3 is 1.06 bits per heavy atom. The minimum atomic E-state index is 1.28. The van der Waals surface area contributed by atoms with Crippen molar-refractivity contribution in [2.24, 2.45) is 0 Å². The summed E-state index contributed by atoms with van der Waals surface area (Å²) in [6, 6.07) is 59.6. The largest absolute Gasteiger partial charge is 0.0616 e. The number of aryl methyl sites for hydroxylation is 2. The second-order valence-electron chi connectivity index (χ2n) is 14.8. The molecule has 0 amide bonds. The molecule has 0 nitrogen and oxygen atoms in total. The molecule has 0 spiro atoms. The number of rotatable bonds is 2. The molecular weight excluding hydrogens is 625 g/mol. The number of hydrogen-bond acceptors (Lipinski definition) is 0. The standard InChI is InChI=1S/C52H32/c1-29-19-21-31-11-3-5-13-33(31)47(29)41-25-23-39-43-28-46-36-16-8-10-18-38(36)50-42(48-30(2)20-22-32-12-4-6-14-34(32)48)26-24-40(52(46)50)44(43)27-45-35-15-7-9-17-37(35)49(41)51(39)45/h3-28H,1-2H3. The third-order valence-corrected chi connectivity index (χ3v) is 12.2. The molecule has 0 atom stereocenters. The second kappa shape index (κ2) is 10.1. The number of fused-ring (bicyclic) bond motifs is 11. The van der Waals surface area contributed by atoms with E-state index < -0.39 is 0 Å². The van der Waals surface area contributed by atoms with Gasteiger partial charge in [-0.25, -0.2) is 0 Å². The molecule has 0 aliphatic rings. The van der Waals surface area contributed by atoms with Crippen molar-refractivity contribution in [3.8, 4) is 22.3 Å². The molecule has 0 aliphatic carbocycles. The molecule has 0 bridgehead atoms. The van der Waals surface area contributed by atoms with Crippen LogP contribution in [0, 0.1) is 13.8 Å². The Labute approximate surface area is 300 Å². The van der Waals surface area contributed by atoms with Gasteiger partial charge in [0.25, 0.3) is 0 Å². The maximum absolute atomic E-state index is 2.52. The highest BCUT2D eigenvalue weighted by Gasteiger charge is 2.24. The number of benzene rings is 10. The smallest absolute Gasteiger partial charge is 0.00137 e. The van der Waals surface area contributed by atoms with E-state index in [1.165, 1.54) is 130 Å². The van der Waals surface area contributed by atoms with Gasteiger partial charge in [-0.15, -0.1) is 0 Å². The van der Waals surface area contributed by atoms with Gasteiger partial charge in [0, 0.05) is 0 Å². The lowest BCUT2D eigenvalue weighted by Crippen LogP contribution is -1.90. The van der Waals surface area contributed by atoms with Gasteiger partial charge in [0.1, 0.15) is 0 Å². The van der Waals surface area contributed by atoms with Crippen molar-refractivity contribution in [3.05, 3.63) is 169 Å². The molecule has 12 aromatic rings. The van der Waals surface area contributed by atoms with Crippen molar-refractivity contribution >= 4 is 97.0 Å². The first-order chi connectivity index (χ1) is 25.7. The summed E-state index contributed by atoms with van der Waals surface area (Å²) in [4.78, 5) is 0. The zero-order valence-electron chi connectivity index (χ0n) is 29.0. The lowest BCUT2D eigenvalue weighted by molar-refractivity contribution is 1.50. The Morgan fingerprint density at radius 2 is 0.615 bits per heavy atom. The fraction of sp³-hybridized carbons (Fsp3) is 0.0385. The highest BCUT2D eigenvalue weighted by molar-refractivity contribution is 6.43. The first-order valence-corrected chi connectivity index (χ1v) is 18.4. The molecule has 12 aromatic carbocycles. The van der Waals surface area contributed by atoms with Gasteiger partial charge in [-0.3, -0.25) is 0 Å². The van der Waals surface area contributed by atoms with E-state index in [0.717, 1.165) is 0 Å². The van der Waals surface area contributed by atoms with Crippen LogP contribution in [0.3, 0.4) is 0 Å². The van der Waals surface area contributed by atoms with Crippen LogP contribution in [-0.2, 0) is 0 Å². The van der Waals surface area contributed by atoms with Crippen LogP contribution in [0.1, 0.15) is 11.1 Å². The van der Waals surface area contributed by atoms with Crippen molar-refractivity contribution in [2.45, 2.75) is 13.8 Å². The lowest BCUT2D eigenvalue weighted by Gasteiger charge is -2.16. The first kappa shape index (κ1) is 28.2. The average Bonchev–Trinajstić information content (AvgIpc) is 3.70. The van der Waals surface area contributed by atoms with Gasteiger partial charge in [0.2, 0.25) is 0 Å². The molecule has 12 rings (SSSR count). The van der Waals surface area contributed by atoms with Gasteiger partial charge >= 0.3 is 0 Å². The van der Waals surface area contributed by atoms with E-state index in [0.29, 0.717) is 0 Å². The summed E-state index contributed by atoms with van der Waals surface area (Å²) in [5, 5.41) is 24.0. The summed E-state index contributed by atoms with van der Waals surface area (Å²) in [6.07, 6.45) is 0. The van der Waals surface area contributed by atoms with Crippen LogP contribution < -0.4 is 0 Å². The molecular formula is C52H32. The third-order valence-electron chi connectivity index (χ3n) is 12.2. The fourth-order valence-electron chi connectivity index (χ4n) is 10.00. The molecule has 0 fully saturated rings. The van der Waals surface area contributed by atoms with E-state index in [1.54, 1.807) is 0 Å². The Morgan fingerprint density at radius 1 is 0.250 bits per heavy atom. The number of hydrogen-bond donors (Lipinski definition) is 0. The summed E-state index contributed by atoms with van der Waals surface area (Å²) < 4.78 is 0. The summed E-state index contributed by atoms with van der Waals surface area (Å²) >= 11 is 0. The Balaban J connectivity index is 1.26. The molecule has 0 N–H and O–H groups in total. The zero-order valence-corrected chi connectivity index (χ0v) is 29.0. The monoisotopic (exact) mass is 656 g/mol. The Hall–Kier alpha value is -6.50. The van der Waals surface area contributed by atoms with Gasteiger partial charge in [-0.2, -0.15) is 0 Å². The van der Waals surface area contributed by atoms with Crippen LogP contribution in [-0.4, -0.2) is 0 Å². The molecule has 240 valence electrons. The van der Waals surface area contributed by atoms with Gasteiger partial charge in [-0.05, 0) is 156 Å². The van der Waals surface area contributed by atoms with Crippen molar-refractivity contribution in [1.82, 2.24) is 0 Å². The van der Waals surface area contributed by atoms with Gasteiger partial charge < -0.3 is 0 Å². The minimum absolute atomic E-state index is 1.28. The van der Waals surface area contributed by atoms with Crippen LogP contribution in [0.2, 0.25) is 0 Å². The second-order valence-corrected chi connectivity index (χ2v) is 14.8. The van der Waals surface area contributed by atoms with Gasteiger partial charge in [0.15, 0.2) is 0 Å². The Bertz CT molecular complexity index is 3240. The predicted molar refractivity (Wildman–Crippen MR) is 227 cm³/mol. The average molecular weight is 657 g/mol. The highest BCUT2D eigenvalue weighted by atomic mass is 14.3. The third kappa shape index (κ3) is 3.52. The van der Waals surface area contributed by atoms with E-state index in [-0.39, 0.29) is 0 Å². The van der Waals surface area contributed by atoms with Crippen molar-refractivity contribution in [2.75, 3.05) is 0 Å². The van der Waals surface area contributed by atoms with Crippen molar-refractivity contribution < 1.29 is 0 Å². The highest BCUT2D eigenvalue weighted by Crippen LogP contribution is 2.52. The quantitative estimate of drug-likeness (QED) is 0.162. The van der Waals surface area contributed by atoms with E-state index in [9.17, 15) is 0 Å². The maximum Gasteiger partial charge on any atom is -0.00137 e. The molecule has 0 aliphatic heterocycles. The SMILES string of the molecule is Cc1ccc2ccccc2c1-c1ccc2c3cc4c5ccccc5c5c(-c6c(C)ccc7ccccc67)ccc(c3cc3c6ccccc6c1c23)c45. The fourth-order valence-corrected chi connectivity index (χ4v) is 10.00. The zero-order chi connectivity index (χ0) is 34.2. The van der Waals surface area contributed by atoms with E-state index in [2.05, 4.69) is 172 Å². The van der Waals surface area contributed by atoms with Crippen LogP contribution in [0.4, 0.5) is 0 Å². The van der Waals surface area contributed by atoms with E-state index >= 15 is 0 Å². The molecule has 0 aromatic heterocycles. The van der Waals surface area contributed by atoms with Gasteiger partial charge in [-0.1, -0.05) is 146 Å². The van der Waals surface area contributed by atoms with E-state index in [4.69, 9.17) is 0 Å². The normalized spacial score (nSPS) is 12.4. The molecule has 0 unspecified atom stereocenters. The maximum atomic E-state index is 2.52. The van der Waals surface area contributed by atoms with Crippen molar-refractivity contribution in [1.29, 1.82) is 0 Å². The van der Waals surface area contributed by atoms with Crippen LogP contribution in [0.5, 0.6) is 0 Å². The Kier molecular flexibility index (Phi) is 5.46. The predicted octanol–water partition coefficient (Wildman–Crippen LogP) is 14.9. The topological polar surface area (TPSA) is 0 Å². The summed E-state index contributed by atoms with van der Waals surface area (Å²) in [7, 11) is 0. The molecule has 0 radical (unpaired) electrons. The summed E-state index contributed by atoms with van der Waals surface area (Å²) in [5.41, 5.74) is 7.93. The van der Waals surface area contributed by atoms with E-state index in [1.807, 2.05) is 0 Å².